The maximum Gasteiger partial charge on any atom is 0.264 e. The van der Waals surface area contributed by atoms with E-state index in [2.05, 4.69) is 41.6 Å². The summed E-state index contributed by atoms with van der Waals surface area (Å²) in [7, 11) is -3.78. The topological polar surface area (TPSA) is 59.1 Å². The highest BCUT2D eigenvalue weighted by molar-refractivity contribution is 9.11. The van der Waals surface area contributed by atoms with Gasteiger partial charge in [0.1, 0.15) is 10.7 Å². The van der Waals surface area contributed by atoms with Crippen LogP contribution in [-0.2, 0) is 10.0 Å². The van der Waals surface area contributed by atoms with Gasteiger partial charge in [0.15, 0.2) is 5.13 Å². The van der Waals surface area contributed by atoms with Gasteiger partial charge in [0.2, 0.25) is 0 Å². The molecule has 2 aromatic rings. The normalized spacial score (nSPS) is 11.5. The molecule has 4 nitrogen and oxygen atoms in total. The van der Waals surface area contributed by atoms with Gasteiger partial charge >= 0.3 is 0 Å². The standard InChI is InChI=1S/C9H5Br2FN2O2S2/c10-6-3-5(12)1-2-7(6)18(15,16)14-9-13-4-8(11)17-9/h1-4H,(H,13,14). The van der Waals surface area contributed by atoms with Gasteiger partial charge in [-0.15, -0.1) is 0 Å². The van der Waals surface area contributed by atoms with E-state index in [0.29, 0.717) is 3.79 Å². The van der Waals surface area contributed by atoms with Gasteiger partial charge in [-0.2, -0.15) is 0 Å². The monoisotopic (exact) mass is 414 g/mol. The summed E-state index contributed by atoms with van der Waals surface area (Å²) in [5, 5.41) is 0.234. The summed E-state index contributed by atoms with van der Waals surface area (Å²) in [5.74, 6) is -0.516. The number of hydrogen-bond donors (Lipinski definition) is 1. The Morgan fingerprint density at radius 1 is 1.33 bits per heavy atom. The molecule has 1 N–H and O–H groups in total. The van der Waals surface area contributed by atoms with Crippen LogP contribution < -0.4 is 4.72 Å². The van der Waals surface area contributed by atoms with Gasteiger partial charge in [-0.3, -0.25) is 4.72 Å². The Kier molecular flexibility index (Phi) is 4.05. The fourth-order valence-electron chi connectivity index (χ4n) is 1.16. The number of thiazole rings is 1. The molecule has 0 bridgehead atoms. The van der Waals surface area contributed by atoms with Gasteiger partial charge in [-0.05, 0) is 50.1 Å². The second-order valence-corrected chi connectivity index (χ2v) is 8.06. The largest absolute Gasteiger partial charge is 0.264 e. The molecule has 0 radical (unpaired) electrons. The molecule has 1 aromatic heterocycles. The number of benzene rings is 1. The van der Waals surface area contributed by atoms with Crippen molar-refractivity contribution in [1.29, 1.82) is 0 Å². The molecule has 0 amide bonds. The minimum Gasteiger partial charge on any atom is -0.255 e. The van der Waals surface area contributed by atoms with Crippen molar-refractivity contribution in [3.63, 3.8) is 0 Å². The van der Waals surface area contributed by atoms with Crippen molar-refractivity contribution in [3.05, 3.63) is 38.5 Å². The lowest BCUT2D eigenvalue weighted by Gasteiger charge is -2.06. The van der Waals surface area contributed by atoms with Gasteiger partial charge in [0, 0.05) is 4.47 Å². The van der Waals surface area contributed by atoms with Crippen molar-refractivity contribution in [3.8, 4) is 0 Å². The molecule has 0 aliphatic rings. The smallest absolute Gasteiger partial charge is 0.255 e. The SMILES string of the molecule is O=S(=O)(Nc1ncc(Br)s1)c1ccc(F)cc1Br. The van der Waals surface area contributed by atoms with Crippen LogP contribution in [0.4, 0.5) is 9.52 Å². The average Bonchev–Trinajstić information content (AvgIpc) is 2.62. The van der Waals surface area contributed by atoms with Gasteiger partial charge in [-0.25, -0.2) is 17.8 Å². The van der Waals surface area contributed by atoms with Crippen LogP contribution in [0.3, 0.4) is 0 Å². The minimum atomic E-state index is -3.78. The molecule has 96 valence electrons. The number of rotatable bonds is 3. The van der Waals surface area contributed by atoms with Crippen LogP contribution in [0.1, 0.15) is 0 Å². The summed E-state index contributed by atoms with van der Waals surface area (Å²) < 4.78 is 40.1. The molecular formula is C9H5Br2FN2O2S2. The summed E-state index contributed by atoms with van der Waals surface area (Å²) in [4.78, 5) is 3.82. The zero-order valence-corrected chi connectivity index (χ0v) is 13.3. The Bertz CT molecular complexity index is 688. The third-order valence-electron chi connectivity index (χ3n) is 1.88. The summed E-state index contributed by atoms with van der Waals surface area (Å²) >= 11 is 7.34. The van der Waals surface area contributed by atoms with E-state index < -0.39 is 15.8 Å². The summed E-state index contributed by atoms with van der Waals surface area (Å²) in [5.41, 5.74) is 0. The number of aromatic nitrogens is 1. The fraction of sp³-hybridized carbons (Fsp3) is 0. The fourth-order valence-corrected chi connectivity index (χ4v) is 4.56. The van der Waals surface area contributed by atoms with Crippen molar-refractivity contribution in [2.45, 2.75) is 4.90 Å². The maximum absolute atomic E-state index is 12.9. The Hall–Kier alpha value is -0.510. The predicted octanol–water partition coefficient (Wildman–Crippen LogP) is 3.61. The van der Waals surface area contributed by atoms with E-state index in [4.69, 9.17) is 0 Å². The molecule has 0 spiro atoms. The molecule has 0 saturated heterocycles. The van der Waals surface area contributed by atoms with E-state index in [-0.39, 0.29) is 14.5 Å². The quantitative estimate of drug-likeness (QED) is 0.832. The molecule has 1 heterocycles. The molecule has 0 aliphatic heterocycles. The van der Waals surface area contributed by atoms with Crippen LogP contribution >= 0.6 is 43.2 Å². The minimum absolute atomic E-state index is 0.0461. The van der Waals surface area contributed by atoms with Gasteiger partial charge in [0.05, 0.1) is 9.98 Å². The highest BCUT2D eigenvalue weighted by atomic mass is 79.9. The van der Waals surface area contributed by atoms with Crippen molar-refractivity contribution < 1.29 is 12.8 Å². The lowest BCUT2D eigenvalue weighted by Crippen LogP contribution is -2.13. The van der Waals surface area contributed by atoms with E-state index in [1.165, 1.54) is 12.3 Å². The first-order valence-corrected chi connectivity index (χ1v) is 8.36. The van der Waals surface area contributed by atoms with Crippen LogP contribution in [0.5, 0.6) is 0 Å². The Morgan fingerprint density at radius 2 is 2.06 bits per heavy atom. The third-order valence-corrected chi connectivity index (χ3v) is 5.72. The van der Waals surface area contributed by atoms with Crippen LogP contribution in [0.2, 0.25) is 0 Å². The second-order valence-electron chi connectivity index (χ2n) is 3.15. The second kappa shape index (κ2) is 5.24. The first kappa shape index (κ1) is 13.9. The molecule has 1 aromatic carbocycles. The molecule has 9 heteroatoms. The Balaban J connectivity index is 2.36. The Labute approximate surface area is 124 Å². The first-order valence-electron chi connectivity index (χ1n) is 4.48. The number of halogens is 3. The van der Waals surface area contributed by atoms with E-state index in [0.717, 1.165) is 23.5 Å². The highest BCUT2D eigenvalue weighted by Crippen LogP contribution is 2.28. The van der Waals surface area contributed by atoms with Crippen LogP contribution in [-0.4, -0.2) is 13.4 Å². The third kappa shape index (κ3) is 3.08. The van der Waals surface area contributed by atoms with Crippen molar-refractivity contribution in [2.24, 2.45) is 0 Å². The lowest BCUT2D eigenvalue weighted by molar-refractivity contribution is 0.599. The molecule has 0 aliphatic carbocycles. The van der Waals surface area contributed by atoms with E-state index in [1.807, 2.05) is 0 Å². The van der Waals surface area contributed by atoms with Crippen molar-refractivity contribution in [2.75, 3.05) is 4.72 Å². The number of nitrogens with zero attached hydrogens (tertiary/aromatic N) is 1. The number of hydrogen-bond acceptors (Lipinski definition) is 4. The zero-order chi connectivity index (χ0) is 13.3. The number of sulfonamides is 1. The van der Waals surface area contributed by atoms with Gasteiger partial charge < -0.3 is 0 Å². The highest BCUT2D eigenvalue weighted by Gasteiger charge is 2.19. The molecule has 2 rings (SSSR count). The molecule has 0 fully saturated rings. The van der Waals surface area contributed by atoms with Gasteiger partial charge in [-0.1, -0.05) is 11.3 Å². The van der Waals surface area contributed by atoms with Crippen LogP contribution in [0.15, 0.2) is 37.6 Å². The maximum atomic E-state index is 12.9. The predicted molar refractivity (Wildman–Crippen MR) is 74.7 cm³/mol. The molecule has 0 saturated carbocycles. The van der Waals surface area contributed by atoms with Crippen molar-refractivity contribution in [1.82, 2.24) is 4.98 Å². The average molecular weight is 416 g/mol. The summed E-state index contributed by atoms with van der Waals surface area (Å²) in [6.07, 6.45) is 1.49. The molecule has 0 atom stereocenters. The van der Waals surface area contributed by atoms with Gasteiger partial charge in [0.25, 0.3) is 10.0 Å². The lowest BCUT2D eigenvalue weighted by atomic mass is 10.3. The van der Waals surface area contributed by atoms with E-state index in [1.54, 1.807) is 0 Å². The zero-order valence-electron chi connectivity index (χ0n) is 8.52. The molecule has 0 unspecified atom stereocenters. The van der Waals surface area contributed by atoms with Crippen LogP contribution in [0.25, 0.3) is 0 Å². The Morgan fingerprint density at radius 3 is 2.61 bits per heavy atom. The first-order chi connectivity index (χ1) is 8.38. The number of nitrogens with one attached hydrogen (secondary N) is 1. The van der Waals surface area contributed by atoms with Crippen LogP contribution in [0, 0.1) is 5.82 Å². The summed E-state index contributed by atoms with van der Waals surface area (Å²) in [6, 6.07) is 3.35. The molecular weight excluding hydrogens is 411 g/mol. The van der Waals surface area contributed by atoms with E-state index in [9.17, 15) is 12.8 Å². The van der Waals surface area contributed by atoms with Crippen molar-refractivity contribution >= 4 is 58.4 Å². The molecule has 18 heavy (non-hydrogen) atoms. The summed E-state index contributed by atoms with van der Waals surface area (Å²) in [6.45, 7) is 0. The van der Waals surface area contributed by atoms with E-state index >= 15 is 0 Å². The number of anilines is 1.